The van der Waals surface area contributed by atoms with E-state index in [1.165, 1.54) is 5.56 Å². The number of anilines is 2. The summed E-state index contributed by atoms with van der Waals surface area (Å²) in [5.74, 6) is 0. The van der Waals surface area contributed by atoms with Crippen molar-refractivity contribution in [2.24, 2.45) is 0 Å². The Morgan fingerprint density at radius 2 is 1.57 bits per heavy atom. The molecule has 1 N–H and O–H groups in total. The molecular formula is C18H21N3. The summed E-state index contributed by atoms with van der Waals surface area (Å²) in [6.07, 6.45) is 1.07. The molecule has 0 spiro atoms. The van der Waals surface area contributed by atoms with Crippen LogP contribution in [0.2, 0.25) is 0 Å². The zero-order valence-electron chi connectivity index (χ0n) is 12.8. The number of hydrogen-bond acceptors (Lipinski definition) is 3. The Kier molecular flexibility index (Phi) is 4.97. The second-order valence-electron chi connectivity index (χ2n) is 5.06. The van der Waals surface area contributed by atoms with Gasteiger partial charge in [-0.1, -0.05) is 19.1 Å². The predicted molar refractivity (Wildman–Crippen MR) is 87.8 cm³/mol. The Balaban J connectivity index is 2.19. The molecule has 21 heavy (non-hydrogen) atoms. The maximum absolute atomic E-state index is 8.84. The minimum absolute atomic E-state index is 0.402. The summed E-state index contributed by atoms with van der Waals surface area (Å²) in [7, 11) is 4.02. The van der Waals surface area contributed by atoms with Crippen molar-refractivity contribution in [1.29, 1.82) is 5.26 Å². The summed E-state index contributed by atoms with van der Waals surface area (Å²) >= 11 is 0. The molecule has 0 bridgehead atoms. The van der Waals surface area contributed by atoms with E-state index in [2.05, 4.69) is 47.5 Å². The van der Waals surface area contributed by atoms with Crippen molar-refractivity contribution < 1.29 is 0 Å². The topological polar surface area (TPSA) is 39.1 Å². The van der Waals surface area contributed by atoms with Crippen LogP contribution in [0.3, 0.4) is 0 Å². The molecule has 108 valence electrons. The molecule has 0 radical (unpaired) electrons. The molecule has 3 heteroatoms. The first kappa shape index (κ1) is 15.1. The molecule has 0 saturated heterocycles. The summed E-state index contributed by atoms with van der Waals surface area (Å²) in [4.78, 5) is 2.12. The fourth-order valence-electron chi connectivity index (χ4n) is 2.45. The molecule has 0 amide bonds. The molecular weight excluding hydrogens is 258 g/mol. The molecule has 0 fully saturated rings. The summed E-state index contributed by atoms with van der Waals surface area (Å²) < 4.78 is 0. The van der Waals surface area contributed by atoms with E-state index in [1.54, 1.807) is 0 Å². The average molecular weight is 279 g/mol. The van der Waals surface area contributed by atoms with E-state index in [9.17, 15) is 0 Å². The third kappa shape index (κ3) is 3.42. The summed E-state index contributed by atoms with van der Waals surface area (Å²) in [6, 6.07) is 18.8. The van der Waals surface area contributed by atoms with E-state index in [1.807, 2.05) is 38.4 Å². The zero-order chi connectivity index (χ0) is 15.2. The fourth-order valence-corrected chi connectivity index (χ4v) is 2.45. The highest BCUT2D eigenvalue weighted by Crippen LogP contribution is 2.26. The van der Waals surface area contributed by atoms with Crippen molar-refractivity contribution in [2.75, 3.05) is 19.0 Å². The van der Waals surface area contributed by atoms with E-state index in [0.29, 0.717) is 11.6 Å². The van der Waals surface area contributed by atoms with Gasteiger partial charge in [-0.2, -0.15) is 5.26 Å². The Morgan fingerprint density at radius 1 is 1.05 bits per heavy atom. The van der Waals surface area contributed by atoms with Gasteiger partial charge in [-0.3, -0.25) is 0 Å². The van der Waals surface area contributed by atoms with Gasteiger partial charge < -0.3 is 10.2 Å². The van der Waals surface area contributed by atoms with Crippen molar-refractivity contribution in [3.63, 3.8) is 0 Å². The molecule has 2 rings (SSSR count). The van der Waals surface area contributed by atoms with E-state index in [4.69, 9.17) is 5.26 Å². The average Bonchev–Trinajstić information content (AvgIpc) is 2.56. The molecule has 0 aliphatic heterocycles. The lowest BCUT2D eigenvalue weighted by atomic mass is 10.0. The standard InChI is InChI=1S/C18H21N3/c1-4-18(20-2)15-7-11-17(12-8-15)21(3)16-9-5-14(13-19)6-10-16/h5-12,18,20H,4H2,1-3H3. The van der Waals surface area contributed by atoms with Gasteiger partial charge >= 0.3 is 0 Å². The first-order chi connectivity index (χ1) is 10.2. The number of nitrogens with one attached hydrogen (secondary N) is 1. The third-order valence-electron chi connectivity index (χ3n) is 3.82. The number of nitrogens with zero attached hydrogens (tertiary/aromatic N) is 2. The smallest absolute Gasteiger partial charge is 0.0991 e. The zero-order valence-corrected chi connectivity index (χ0v) is 12.8. The number of benzene rings is 2. The summed E-state index contributed by atoms with van der Waals surface area (Å²) in [5.41, 5.74) is 4.19. The van der Waals surface area contributed by atoms with Gasteiger partial charge in [0.15, 0.2) is 0 Å². The van der Waals surface area contributed by atoms with Gasteiger partial charge in [0.25, 0.3) is 0 Å². The van der Waals surface area contributed by atoms with Gasteiger partial charge in [0, 0.05) is 24.5 Å². The molecule has 3 nitrogen and oxygen atoms in total. The number of rotatable bonds is 5. The van der Waals surface area contributed by atoms with E-state index in [-0.39, 0.29) is 0 Å². The maximum Gasteiger partial charge on any atom is 0.0991 e. The van der Waals surface area contributed by atoms with Gasteiger partial charge in [-0.25, -0.2) is 0 Å². The second kappa shape index (κ2) is 6.92. The van der Waals surface area contributed by atoms with E-state index in [0.717, 1.165) is 17.8 Å². The minimum Gasteiger partial charge on any atom is -0.345 e. The quantitative estimate of drug-likeness (QED) is 0.899. The molecule has 0 heterocycles. The Bertz CT molecular complexity index is 604. The van der Waals surface area contributed by atoms with Crippen molar-refractivity contribution in [3.8, 4) is 6.07 Å². The SMILES string of the molecule is CCC(NC)c1ccc(N(C)c2ccc(C#N)cc2)cc1. The Labute approximate surface area is 126 Å². The van der Waals surface area contributed by atoms with Crippen LogP contribution in [0.15, 0.2) is 48.5 Å². The predicted octanol–water partition coefficient (Wildman–Crippen LogP) is 4.00. The molecule has 2 aromatic rings. The van der Waals surface area contributed by atoms with Gasteiger partial charge in [0.1, 0.15) is 0 Å². The van der Waals surface area contributed by atoms with E-state index >= 15 is 0 Å². The highest BCUT2D eigenvalue weighted by atomic mass is 15.1. The van der Waals surface area contributed by atoms with Crippen LogP contribution in [0.4, 0.5) is 11.4 Å². The first-order valence-corrected chi connectivity index (χ1v) is 7.20. The van der Waals surface area contributed by atoms with Crippen LogP contribution in [0.25, 0.3) is 0 Å². The van der Waals surface area contributed by atoms with Crippen LogP contribution in [-0.2, 0) is 0 Å². The van der Waals surface area contributed by atoms with Gasteiger partial charge in [-0.15, -0.1) is 0 Å². The normalized spacial score (nSPS) is 11.7. The van der Waals surface area contributed by atoms with Gasteiger partial charge in [-0.05, 0) is 55.4 Å². The van der Waals surface area contributed by atoms with Crippen LogP contribution < -0.4 is 10.2 Å². The molecule has 1 unspecified atom stereocenters. The largest absolute Gasteiger partial charge is 0.345 e. The van der Waals surface area contributed by atoms with Crippen molar-refractivity contribution >= 4 is 11.4 Å². The molecule has 0 aliphatic carbocycles. The Hall–Kier alpha value is -2.31. The lowest BCUT2D eigenvalue weighted by molar-refractivity contribution is 0.577. The van der Waals surface area contributed by atoms with Crippen molar-refractivity contribution in [3.05, 3.63) is 59.7 Å². The number of nitriles is 1. The minimum atomic E-state index is 0.402. The van der Waals surface area contributed by atoms with E-state index < -0.39 is 0 Å². The monoisotopic (exact) mass is 279 g/mol. The second-order valence-corrected chi connectivity index (χ2v) is 5.06. The highest BCUT2D eigenvalue weighted by Gasteiger charge is 2.08. The molecule has 1 atom stereocenters. The molecule has 0 saturated carbocycles. The molecule has 0 aliphatic rings. The van der Waals surface area contributed by atoms with Crippen LogP contribution in [-0.4, -0.2) is 14.1 Å². The van der Waals surface area contributed by atoms with Crippen LogP contribution in [0.1, 0.15) is 30.5 Å². The molecule has 0 aromatic heterocycles. The summed E-state index contributed by atoms with van der Waals surface area (Å²) in [5, 5.41) is 12.2. The lowest BCUT2D eigenvalue weighted by Gasteiger charge is -2.21. The summed E-state index contributed by atoms with van der Waals surface area (Å²) in [6.45, 7) is 2.18. The van der Waals surface area contributed by atoms with Crippen molar-refractivity contribution in [1.82, 2.24) is 5.32 Å². The Morgan fingerprint density at radius 3 is 2.00 bits per heavy atom. The number of hydrogen-bond donors (Lipinski definition) is 1. The van der Waals surface area contributed by atoms with Crippen molar-refractivity contribution in [2.45, 2.75) is 19.4 Å². The van der Waals surface area contributed by atoms with Gasteiger partial charge in [0.05, 0.1) is 11.6 Å². The lowest BCUT2D eigenvalue weighted by Crippen LogP contribution is -2.15. The first-order valence-electron chi connectivity index (χ1n) is 7.20. The molecule has 2 aromatic carbocycles. The highest BCUT2D eigenvalue weighted by molar-refractivity contribution is 5.63. The third-order valence-corrected chi connectivity index (χ3v) is 3.82. The van der Waals surface area contributed by atoms with Crippen LogP contribution in [0.5, 0.6) is 0 Å². The maximum atomic E-state index is 8.84. The van der Waals surface area contributed by atoms with Gasteiger partial charge in [0.2, 0.25) is 0 Å². The fraction of sp³-hybridized carbons (Fsp3) is 0.278. The van der Waals surface area contributed by atoms with Crippen LogP contribution in [0, 0.1) is 11.3 Å². The van der Waals surface area contributed by atoms with Crippen LogP contribution >= 0.6 is 0 Å².